The fraction of sp³-hybridized carbons (Fsp3) is 1.00. The summed E-state index contributed by atoms with van der Waals surface area (Å²) in [7, 11) is 0. The van der Waals surface area contributed by atoms with Crippen LogP contribution in [0.1, 0.15) is 51.4 Å². The van der Waals surface area contributed by atoms with Crippen LogP contribution in [0.2, 0.25) is 0 Å². The summed E-state index contributed by atoms with van der Waals surface area (Å²) >= 11 is 0. The van der Waals surface area contributed by atoms with E-state index in [0.29, 0.717) is 0 Å². The number of nitrogens with zero attached hydrogens (tertiary/aromatic N) is 1. The van der Waals surface area contributed by atoms with E-state index in [4.69, 9.17) is 0 Å². The summed E-state index contributed by atoms with van der Waals surface area (Å²) in [5.41, 5.74) is 7.38. The Morgan fingerprint density at radius 2 is 1.25 bits per heavy atom. The summed E-state index contributed by atoms with van der Waals surface area (Å²) in [6.07, 6.45) is 11.0. The quantitative estimate of drug-likeness (QED) is 0.591. The molecule has 0 amide bonds. The van der Waals surface area contributed by atoms with E-state index in [9.17, 15) is 0 Å². The standard InChI is InChI=1S/C10H21N2/c1-2-4-6-8-10-12-11-9-7-5-3-1/h11H,1-10H2. The SMILES string of the molecule is C1CCCCCN[N]CCCC1. The van der Waals surface area contributed by atoms with E-state index in [-0.39, 0.29) is 0 Å². The van der Waals surface area contributed by atoms with Crippen molar-refractivity contribution in [1.29, 1.82) is 0 Å². The summed E-state index contributed by atoms with van der Waals surface area (Å²) in [6, 6.07) is 0. The van der Waals surface area contributed by atoms with Crippen LogP contribution in [0.25, 0.3) is 0 Å². The third-order valence-corrected chi connectivity index (χ3v) is 2.42. The molecular formula is C10H21N2. The van der Waals surface area contributed by atoms with E-state index in [2.05, 4.69) is 10.9 Å². The van der Waals surface area contributed by atoms with Gasteiger partial charge in [-0.05, 0) is 12.8 Å². The fourth-order valence-electron chi connectivity index (χ4n) is 1.61. The van der Waals surface area contributed by atoms with Crippen LogP contribution in [0.15, 0.2) is 0 Å². The smallest absolute Gasteiger partial charge is 0.0304 e. The molecule has 71 valence electrons. The third kappa shape index (κ3) is 5.56. The molecule has 1 fully saturated rings. The summed E-state index contributed by atoms with van der Waals surface area (Å²) in [5, 5.41) is 0. The molecule has 1 saturated heterocycles. The van der Waals surface area contributed by atoms with Crippen molar-refractivity contribution < 1.29 is 0 Å². The molecule has 0 unspecified atom stereocenters. The first-order chi connectivity index (χ1) is 6.00. The summed E-state index contributed by atoms with van der Waals surface area (Å²) in [5.74, 6) is 0. The first kappa shape index (κ1) is 10.0. The molecule has 1 radical (unpaired) electrons. The highest BCUT2D eigenvalue weighted by molar-refractivity contribution is 4.51. The van der Waals surface area contributed by atoms with Gasteiger partial charge in [-0.3, -0.25) is 0 Å². The Kier molecular flexibility index (Phi) is 6.30. The van der Waals surface area contributed by atoms with Crippen molar-refractivity contribution in [3.05, 3.63) is 0 Å². The van der Waals surface area contributed by atoms with E-state index < -0.39 is 0 Å². The fourth-order valence-corrected chi connectivity index (χ4v) is 1.61. The van der Waals surface area contributed by atoms with Crippen LogP contribution in [0.5, 0.6) is 0 Å². The van der Waals surface area contributed by atoms with Crippen LogP contribution >= 0.6 is 0 Å². The Morgan fingerprint density at radius 1 is 0.667 bits per heavy atom. The van der Waals surface area contributed by atoms with Crippen molar-refractivity contribution >= 4 is 0 Å². The topological polar surface area (TPSA) is 26.1 Å². The molecule has 0 saturated carbocycles. The number of hydrogen-bond donors (Lipinski definition) is 1. The maximum Gasteiger partial charge on any atom is 0.0304 e. The van der Waals surface area contributed by atoms with Crippen LogP contribution in [-0.2, 0) is 0 Å². The zero-order valence-electron chi connectivity index (χ0n) is 8.02. The normalized spacial score (nSPS) is 24.0. The molecule has 12 heavy (non-hydrogen) atoms. The van der Waals surface area contributed by atoms with E-state index in [1.807, 2.05) is 0 Å². The molecule has 1 aliphatic heterocycles. The van der Waals surface area contributed by atoms with E-state index in [0.717, 1.165) is 13.1 Å². The second-order valence-corrected chi connectivity index (χ2v) is 3.62. The lowest BCUT2D eigenvalue weighted by atomic mass is 10.1. The minimum absolute atomic E-state index is 1.01. The van der Waals surface area contributed by atoms with Crippen molar-refractivity contribution in [2.24, 2.45) is 0 Å². The Morgan fingerprint density at radius 3 is 2.00 bits per heavy atom. The molecule has 1 rings (SSSR count). The van der Waals surface area contributed by atoms with Crippen molar-refractivity contribution in [3.63, 3.8) is 0 Å². The van der Waals surface area contributed by atoms with Crippen LogP contribution in [0, 0.1) is 0 Å². The van der Waals surface area contributed by atoms with Crippen LogP contribution in [0.4, 0.5) is 0 Å². The van der Waals surface area contributed by atoms with Gasteiger partial charge in [-0.25, -0.2) is 5.43 Å². The second kappa shape index (κ2) is 7.56. The van der Waals surface area contributed by atoms with E-state index in [1.54, 1.807) is 0 Å². The molecule has 1 aliphatic rings. The molecule has 0 aromatic heterocycles. The van der Waals surface area contributed by atoms with Gasteiger partial charge < -0.3 is 0 Å². The summed E-state index contributed by atoms with van der Waals surface area (Å²) < 4.78 is 0. The number of hydrogen-bond acceptors (Lipinski definition) is 1. The number of nitrogens with one attached hydrogen (secondary N) is 1. The van der Waals surface area contributed by atoms with E-state index >= 15 is 0 Å². The van der Waals surface area contributed by atoms with Gasteiger partial charge >= 0.3 is 0 Å². The summed E-state index contributed by atoms with van der Waals surface area (Å²) in [6.45, 7) is 2.10. The van der Waals surface area contributed by atoms with Gasteiger partial charge in [0.25, 0.3) is 0 Å². The molecule has 0 aliphatic carbocycles. The van der Waals surface area contributed by atoms with Gasteiger partial charge in [-0.15, -0.1) is 0 Å². The molecule has 2 nitrogen and oxygen atoms in total. The van der Waals surface area contributed by atoms with Gasteiger partial charge in [0.1, 0.15) is 0 Å². The molecule has 0 spiro atoms. The molecular weight excluding hydrogens is 148 g/mol. The largest absolute Gasteiger partial charge is 0.240 e. The molecule has 0 bridgehead atoms. The molecule has 0 atom stereocenters. The Hall–Kier alpha value is -0.0800. The molecule has 0 aromatic carbocycles. The molecule has 1 N–H and O–H groups in total. The zero-order chi connectivity index (χ0) is 8.49. The predicted octanol–water partition coefficient (Wildman–Crippen LogP) is 2.23. The van der Waals surface area contributed by atoms with Crippen molar-refractivity contribution in [1.82, 2.24) is 10.9 Å². The van der Waals surface area contributed by atoms with Crippen LogP contribution in [0.3, 0.4) is 0 Å². The van der Waals surface area contributed by atoms with Gasteiger partial charge in [0.15, 0.2) is 0 Å². The van der Waals surface area contributed by atoms with Gasteiger partial charge in [-0.1, -0.05) is 38.5 Å². The Balaban J connectivity index is 2.00. The zero-order valence-corrected chi connectivity index (χ0v) is 8.02. The third-order valence-electron chi connectivity index (χ3n) is 2.42. The number of rotatable bonds is 0. The highest BCUT2D eigenvalue weighted by atomic mass is 15.3. The lowest BCUT2D eigenvalue weighted by Gasteiger charge is -2.07. The van der Waals surface area contributed by atoms with Gasteiger partial charge in [0.2, 0.25) is 0 Å². The monoisotopic (exact) mass is 169 g/mol. The Labute approximate surface area is 76.1 Å². The van der Waals surface area contributed by atoms with Crippen LogP contribution < -0.4 is 10.9 Å². The highest BCUT2D eigenvalue weighted by Crippen LogP contribution is 2.08. The highest BCUT2D eigenvalue weighted by Gasteiger charge is 1.95. The van der Waals surface area contributed by atoms with Crippen molar-refractivity contribution in [2.45, 2.75) is 51.4 Å². The summed E-state index contributed by atoms with van der Waals surface area (Å²) in [4.78, 5) is 0. The van der Waals surface area contributed by atoms with Gasteiger partial charge in [-0.2, -0.15) is 5.43 Å². The van der Waals surface area contributed by atoms with Crippen molar-refractivity contribution in [3.8, 4) is 0 Å². The average Bonchev–Trinajstić information content (AvgIpc) is 2.05. The van der Waals surface area contributed by atoms with Crippen LogP contribution in [-0.4, -0.2) is 13.1 Å². The average molecular weight is 169 g/mol. The molecule has 1 heterocycles. The van der Waals surface area contributed by atoms with Crippen molar-refractivity contribution in [2.75, 3.05) is 13.1 Å². The first-order valence-corrected chi connectivity index (χ1v) is 5.39. The maximum absolute atomic E-state index is 4.25. The molecule has 2 heteroatoms. The maximum atomic E-state index is 4.25. The second-order valence-electron chi connectivity index (χ2n) is 3.62. The van der Waals surface area contributed by atoms with E-state index in [1.165, 1.54) is 51.4 Å². The van der Waals surface area contributed by atoms with Gasteiger partial charge in [0, 0.05) is 13.1 Å². The lowest BCUT2D eigenvalue weighted by Crippen LogP contribution is -2.26. The van der Waals surface area contributed by atoms with Gasteiger partial charge in [0.05, 0.1) is 0 Å². The predicted molar refractivity (Wildman–Crippen MR) is 51.9 cm³/mol. The Bertz CT molecular complexity index is 50.8. The first-order valence-electron chi connectivity index (χ1n) is 5.39. The lowest BCUT2D eigenvalue weighted by molar-refractivity contribution is 0.458. The minimum Gasteiger partial charge on any atom is -0.240 e. The molecule has 0 aromatic rings. The minimum atomic E-state index is 1.01.